The Morgan fingerprint density at radius 3 is 1.12 bits per heavy atom. The number of ether oxygens (including phenoxy) is 2. The van der Waals surface area contributed by atoms with Crippen molar-refractivity contribution in [1.29, 1.82) is 0 Å². The molecule has 0 fully saturated rings. The van der Waals surface area contributed by atoms with Crippen LogP contribution < -0.4 is 9.47 Å². The van der Waals surface area contributed by atoms with Gasteiger partial charge in [0.2, 0.25) is 0 Å². The molecule has 2 aromatic carbocycles. The molecular formula is C22H30O2. The van der Waals surface area contributed by atoms with Crippen molar-refractivity contribution in [2.24, 2.45) is 0 Å². The van der Waals surface area contributed by atoms with Gasteiger partial charge in [0.1, 0.15) is 11.5 Å². The van der Waals surface area contributed by atoms with E-state index in [2.05, 4.69) is 77.9 Å². The quantitative estimate of drug-likeness (QED) is 0.692. The Hall–Kier alpha value is -1.96. The van der Waals surface area contributed by atoms with Gasteiger partial charge in [0.15, 0.2) is 0 Å². The van der Waals surface area contributed by atoms with Gasteiger partial charge in [0.25, 0.3) is 0 Å². The van der Waals surface area contributed by atoms with Crippen LogP contribution in [0.3, 0.4) is 0 Å². The molecule has 2 heteroatoms. The van der Waals surface area contributed by atoms with Gasteiger partial charge in [-0.3, -0.25) is 0 Å². The van der Waals surface area contributed by atoms with E-state index in [0.29, 0.717) is 0 Å². The fourth-order valence-electron chi connectivity index (χ4n) is 2.63. The highest BCUT2D eigenvalue weighted by Crippen LogP contribution is 2.36. The van der Waals surface area contributed by atoms with Crippen molar-refractivity contribution in [1.82, 2.24) is 0 Å². The smallest absolute Gasteiger partial charge is 0.119 e. The molecule has 0 unspecified atom stereocenters. The van der Waals surface area contributed by atoms with Crippen molar-refractivity contribution in [2.45, 2.75) is 52.4 Å². The van der Waals surface area contributed by atoms with Gasteiger partial charge < -0.3 is 9.47 Å². The van der Waals surface area contributed by atoms with E-state index in [-0.39, 0.29) is 10.8 Å². The summed E-state index contributed by atoms with van der Waals surface area (Å²) in [6.45, 7) is 13.3. The zero-order valence-electron chi connectivity index (χ0n) is 16.3. The topological polar surface area (TPSA) is 18.5 Å². The average Bonchev–Trinajstić information content (AvgIpc) is 2.52. The third-order valence-electron chi connectivity index (χ3n) is 4.35. The molecule has 0 bridgehead atoms. The van der Waals surface area contributed by atoms with Crippen molar-refractivity contribution < 1.29 is 9.47 Å². The monoisotopic (exact) mass is 326 g/mol. The first-order chi connectivity index (χ1) is 11.0. The van der Waals surface area contributed by atoms with Gasteiger partial charge >= 0.3 is 0 Å². The van der Waals surface area contributed by atoms with Crippen LogP contribution in [-0.4, -0.2) is 14.2 Å². The first-order valence-corrected chi connectivity index (χ1v) is 8.44. The summed E-state index contributed by atoms with van der Waals surface area (Å²) < 4.78 is 11.1. The van der Waals surface area contributed by atoms with Crippen LogP contribution in [0.4, 0.5) is 0 Å². The van der Waals surface area contributed by atoms with Crippen LogP contribution in [0, 0.1) is 0 Å². The van der Waals surface area contributed by atoms with E-state index >= 15 is 0 Å². The lowest BCUT2D eigenvalue weighted by atomic mass is 9.83. The van der Waals surface area contributed by atoms with Gasteiger partial charge in [0, 0.05) is 0 Å². The van der Waals surface area contributed by atoms with Crippen molar-refractivity contribution in [3.63, 3.8) is 0 Å². The molecule has 0 amide bonds. The Labute approximate surface area is 146 Å². The Balaban J connectivity index is 2.67. The molecule has 0 aliphatic heterocycles. The molecule has 2 nitrogen and oxygen atoms in total. The summed E-state index contributed by atoms with van der Waals surface area (Å²) >= 11 is 0. The van der Waals surface area contributed by atoms with Gasteiger partial charge in [-0.15, -0.1) is 0 Å². The summed E-state index contributed by atoms with van der Waals surface area (Å²) in [6, 6.07) is 12.9. The number of hydrogen-bond acceptors (Lipinski definition) is 2. The third kappa shape index (κ3) is 4.11. The van der Waals surface area contributed by atoms with E-state index in [4.69, 9.17) is 9.47 Å². The Morgan fingerprint density at radius 1 is 0.542 bits per heavy atom. The summed E-state index contributed by atoms with van der Waals surface area (Å²) in [7, 11) is 3.44. The maximum absolute atomic E-state index is 5.53. The molecule has 0 aliphatic carbocycles. The second-order valence-corrected chi connectivity index (χ2v) is 8.40. The first kappa shape index (κ1) is 18.4. The highest BCUT2D eigenvalue weighted by Gasteiger charge is 2.19. The molecule has 24 heavy (non-hydrogen) atoms. The maximum atomic E-state index is 5.53. The van der Waals surface area contributed by atoms with Crippen LogP contribution in [0.5, 0.6) is 11.5 Å². The first-order valence-electron chi connectivity index (χ1n) is 8.44. The summed E-state index contributed by atoms with van der Waals surface area (Å²) in [6.07, 6.45) is 0. The van der Waals surface area contributed by atoms with Crippen molar-refractivity contribution in [3.05, 3.63) is 47.5 Å². The van der Waals surface area contributed by atoms with Crippen molar-refractivity contribution >= 4 is 0 Å². The molecule has 0 radical (unpaired) electrons. The molecule has 2 aromatic rings. The molecule has 0 saturated heterocycles. The minimum absolute atomic E-state index is 0.0645. The van der Waals surface area contributed by atoms with Gasteiger partial charge in [-0.1, -0.05) is 53.7 Å². The van der Waals surface area contributed by atoms with Crippen LogP contribution in [0.15, 0.2) is 36.4 Å². The molecule has 0 N–H and O–H groups in total. The summed E-state index contributed by atoms with van der Waals surface area (Å²) in [5.41, 5.74) is 4.96. The third-order valence-corrected chi connectivity index (χ3v) is 4.35. The average molecular weight is 326 g/mol. The highest BCUT2D eigenvalue weighted by molar-refractivity contribution is 5.69. The molecule has 0 aliphatic rings. The predicted molar refractivity (Wildman–Crippen MR) is 102 cm³/mol. The number of methoxy groups -OCH3 is 2. The van der Waals surface area contributed by atoms with Crippen molar-refractivity contribution in [3.8, 4) is 22.6 Å². The molecule has 0 aromatic heterocycles. The highest BCUT2D eigenvalue weighted by atomic mass is 16.5. The lowest BCUT2D eigenvalue weighted by molar-refractivity contribution is 0.412. The van der Waals surface area contributed by atoms with Gasteiger partial charge in [-0.25, -0.2) is 0 Å². The van der Waals surface area contributed by atoms with E-state index in [1.54, 1.807) is 14.2 Å². The predicted octanol–water partition coefficient (Wildman–Crippen LogP) is 5.97. The lowest BCUT2D eigenvalue weighted by Gasteiger charge is -2.23. The maximum Gasteiger partial charge on any atom is 0.119 e. The number of rotatable bonds is 3. The number of benzene rings is 2. The van der Waals surface area contributed by atoms with Crippen LogP contribution in [0.1, 0.15) is 52.7 Å². The minimum atomic E-state index is 0.0645. The minimum Gasteiger partial charge on any atom is -0.497 e. The Bertz CT molecular complexity index is 652. The standard InChI is InChI=1S/C22H30O2/c1-21(2,3)17-9-15(11-19(13-17)23-7)16-10-18(22(4,5)6)14-20(12-16)24-8/h9-14H,1-8H3. The molecule has 0 atom stereocenters. The van der Waals surface area contributed by atoms with Gasteiger partial charge in [-0.05, 0) is 57.3 Å². The van der Waals surface area contributed by atoms with Crippen LogP contribution >= 0.6 is 0 Å². The lowest BCUT2D eigenvalue weighted by Crippen LogP contribution is -2.12. The van der Waals surface area contributed by atoms with E-state index < -0.39 is 0 Å². The van der Waals surface area contributed by atoms with Gasteiger partial charge in [-0.2, -0.15) is 0 Å². The molecule has 130 valence electrons. The Morgan fingerprint density at radius 2 is 0.875 bits per heavy atom. The van der Waals surface area contributed by atoms with E-state index in [0.717, 1.165) is 22.6 Å². The molecule has 2 rings (SSSR count). The van der Waals surface area contributed by atoms with E-state index in [1.807, 2.05) is 0 Å². The Kier molecular flexibility index (Phi) is 4.98. The van der Waals surface area contributed by atoms with Crippen LogP contribution in [0.25, 0.3) is 11.1 Å². The van der Waals surface area contributed by atoms with Gasteiger partial charge in [0.05, 0.1) is 14.2 Å². The fraction of sp³-hybridized carbons (Fsp3) is 0.455. The van der Waals surface area contributed by atoms with Crippen LogP contribution in [0.2, 0.25) is 0 Å². The second-order valence-electron chi connectivity index (χ2n) is 8.40. The number of hydrogen-bond donors (Lipinski definition) is 0. The fourth-order valence-corrected chi connectivity index (χ4v) is 2.63. The zero-order valence-corrected chi connectivity index (χ0v) is 16.3. The SMILES string of the molecule is COc1cc(-c2cc(OC)cc(C(C)(C)C)c2)cc(C(C)(C)C)c1. The van der Waals surface area contributed by atoms with E-state index in [1.165, 1.54) is 11.1 Å². The molecule has 0 heterocycles. The van der Waals surface area contributed by atoms with Crippen molar-refractivity contribution in [2.75, 3.05) is 14.2 Å². The van der Waals surface area contributed by atoms with E-state index in [9.17, 15) is 0 Å². The summed E-state index contributed by atoms with van der Waals surface area (Å²) in [5.74, 6) is 1.77. The van der Waals surface area contributed by atoms with Crippen LogP contribution in [-0.2, 0) is 10.8 Å². The normalized spacial score (nSPS) is 12.2. The molecular weight excluding hydrogens is 296 g/mol. The zero-order chi connectivity index (χ0) is 18.1. The summed E-state index contributed by atoms with van der Waals surface area (Å²) in [5, 5.41) is 0. The largest absolute Gasteiger partial charge is 0.497 e. The molecule has 0 spiro atoms. The molecule has 0 saturated carbocycles. The summed E-state index contributed by atoms with van der Waals surface area (Å²) in [4.78, 5) is 0. The second kappa shape index (κ2) is 6.51.